The lowest BCUT2D eigenvalue weighted by Gasteiger charge is -2.47. The van der Waals surface area contributed by atoms with Gasteiger partial charge in [0, 0.05) is 33.7 Å². The smallest absolute Gasteiger partial charge is 0.242 e. The normalized spacial score (nSPS) is 22.3. The Morgan fingerprint density at radius 2 is 2.00 bits per heavy atom. The van der Waals surface area contributed by atoms with Gasteiger partial charge >= 0.3 is 0 Å². The second kappa shape index (κ2) is 5.05. The van der Waals surface area contributed by atoms with Crippen LogP contribution in [0.4, 0.5) is 0 Å². The standard InChI is InChI=1S/C15H22N2O3S/c1-16(2)21(19,20)14-5-3-4-12(8-14)9-17-10-15(18,11-17)13-6-7-13/h3-5,8,13,18H,6-7,9-11H2,1-2H3. The monoisotopic (exact) mass is 310 g/mol. The summed E-state index contributed by atoms with van der Waals surface area (Å²) in [6.45, 7) is 2.08. The van der Waals surface area contributed by atoms with Crippen molar-refractivity contribution in [3.8, 4) is 0 Å². The van der Waals surface area contributed by atoms with Crippen molar-refractivity contribution in [1.29, 1.82) is 0 Å². The number of likely N-dealkylation sites (tertiary alicyclic amines) is 1. The molecule has 2 fully saturated rings. The van der Waals surface area contributed by atoms with Crippen LogP contribution in [0.1, 0.15) is 18.4 Å². The van der Waals surface area contributed by atoms with Crippen molar-refractivity contribution in [1.82, 2.24) is 9.21 Å². The van der Waals surface area contributed by atoms with Crippen molar-refractivity contribution in [2.24, 2.45) is 5.92 Å². The molecule has 0 spiro atoms. The molecule has 1 aromatic rings. The van der Waals surface area contributed by atoms with E-state index in [2.05, 4.69) is 4.90 Å². The molecule has 116 valence electrons. The molecule has 2 aliphatic rings. The fourth-order valence-electron chi connectivity index (χ4n) is 2.99. The Labute approximate surface area is 126 Å². The molecule has 1 aliphatic heterocycles. The first-order chi connectivity index (χ1) is 9.81. The van der Waals surface area contributed by atoms with Crippen LogP contribution in [0.3, 0.4) is 0 Å². The summed E-state index contributed by atoms with van der Waals surface area (Å²) in [4.78, 5) is 2.49. The van der Waals surface area contributed by atoms with Gasteiger partial charge in [0.15, 0.2) is 0 Å². The van der Waals surface area contributed by atoms with E-state index in [0.717, 1.165) is 18.4 Å². The van der Waals surface area contributed by atoms with Gasteiger partial charge in [-0.1, -0.05) is 12.1 Å². The van der Waals surface area contributed by atoms with Gasteiger partial charge in [-0.2, -0.15) is 0 Å². The van der Waals surface area contributed by atoms with Gasteiger partial charge in [-0.15, -0.1) is 0 Å². The highest BCUT2D eigenvalue weighted by Gasteiger charge is 2.51. The van der Waals surface area contributed by atoms with Gasteiger partial charge in [0.05, 0.1) is 10.5 Å². The van der Waals surface area contributed by atoms with E-state index >= 15 is 0 Å². The van der Waals surface area contributed by atoms with Crippen molar-refractivity contribution in [3.63, 3.8) is 0 Å². The van der Waals surface area contributed by atoms with E-state index in [9.17, 15) is 13.5 Å². The fourth-order valence-corrected chi connectivity index (χ4v) is 3.96. The van der Waals surface area contributed by atoms with Crippen molar-refractivity contribution >= 4 is 10.0 Å². The number of nitrogens with zero attached hydrogens (tertiary/aromatic N) is 2. The maximum absolute atomic E-state index is 12.1. The Morgan fingerprint density at radius 3 is 2.57 bits per heavy atom. The molecule has 1 aliphatic carbocycles. The molecule has 0 aromatic heterocycles. The zero-order valence-electron chi connectivity index (χ0n) is 12.5. The minimum absolute atomic E-state index is 0.322. The van der Waals surface area contributed by atoms with Crippen LogP contribution < -0.4 is 0 Å². The number of β-amino-alcohol motifs (C(OH)–C–C–N with tert-alkyl or cyclic N) is 1. The van der Waals surface area contributed by atoms with Gasteiger partial charge in [0.25, 0.3) is 0 Å². The molecule has 1 saturated carbocycles. The Bertz CT molecular complexity index is 632. The number of hydrogen-bond acceptors (Lipinski definition) is 4. The summed E-state index contributed by atoms with van der Waals surface area (Å²) in [6.07, 6.45) is 2.28. The second-order valence-corrected chi connectivity index (χ2v) is 8.61. The van der Waals surface area contributed by atoms with Crippen LogP contribution in [0.15, 0.2) is 29.2 Å². The third-order valence-corrected chi connectivity index (χ3v) is 6.23. The topological polar surface area (TPSA) is 60.9 Å². The number of aliphatic hydroxyl groups is 1. The third-order valence-electron chi connectivity index (χ3n) is 4.42. The first kappa shape index (κ1) is 15.0. The quantitative estimate of drug-likeness (QED) is 0.877. The number of hydrogen-bond donors (Lipinski definition) is 1. The minimum atomic E-state index is -3.38. The molecule has 1 heterocycles. The molecule has 6 heteroatoms. The predicted molar refractivity (Wildman–Crippen MR) is 80.3 cm³/mol. The highest BCUT2D eigenvalue weighted by molar-refractivity contribution is 7.89. The Balaban J connectivity index is 1.67. The maximum atomic E-state index is 12.1. The van der Waals surface area contributed by atoms with Crippen LogP contribution in [-0.2, 0) is 16.6 Å². The number of sulfonamides is 1. The SMILES string of the molecule is CN(C)S(=O)(=O)c1cccc(CN2CC(O)(C3CC3)C2)c1. The lowest BCUT2D eigenvalue weighted by Crippen LogP contribution is -2.62. The van der Waals surface area contributed by atoms with Crippen LogP contribution in [0.25, 0.3) is 0 Å². The Hall–Kier alpha value is -0.950. The summed E-state index contributed by atoms with van der Waals surface area (Å²) in [5.74, 6) is 0.481. The average Bonchev–Trinajstić information content (AvgIpc) is 3.21. The molecular weight excluding hydrogens is 288 g/mol. The molecule has 3 rings (SSSR count). The average molecular weight is 310 g/mol. The molecule has 21 heavy (non-hydrogen) atoms. The van der Waals surface area contributed by atoms with Gasteiger partial charge in [0.1, 0.15) is 0 Å². The van der Waals surface area contributed by atoms with Gasteiger partial charge in [0.2, 0.25) is 10.0 Å². The number of rotatable bonds is 5. The molecule has 0 unspecified atom stereocenters. The second-order valence-electron chi connectivity index (χ2n) is 6.46. The highest BCUT2D eigenvalue weighted by atomic mass is 32.2. The summed E-state index contributed by atoms with van der Waals surface area (Å²) < 4.78 is 25.5. The summed E-state index contributed by atoms with van der Waals surface area (Å²) in [6, 6.07) is 7.06. The molecule has 1 saturated heterocycles. The van der Waals surface area contributed by atoms with Crippen molar-refractivity contribution in [3.05, 3.63) is 29.8 Å². The summed E-state index contributed by atoms with van der Waals surface area (Å²) in [5, 5.41) is 10.3. The fraction of sp³-hybridized carbons (Fsp3) is 0.600. The molecule has 0 radical (unpaired) electrons. The predicted octanol–water partition coefficient (Wildman–Crippen LogP) is 0.894. The van der Waals surface area contributed by atoms with E-state index in [0.29, 0.717) is 30.4 Å². The maximum Gasteiger partial charge on any atom is 0.242 e. The number of benzene rings is 1. The molecule has 1 aromatic carbocycles. The van der Waals surface area contributed by atoms with Crippen LogP contribution in [0.5, 0.6) is 0 Å². The van der Waals surface area contributed by atoms with E-state index in [-0.39, 0.29) is 0 Å². The van der Waals surface area contributed by atoms with E-state index in [1.807, 2.05) is 6.07 Å². The summed E-state index contributed by atoms with van der Waals surface area (Å²) >= 11 is 0. The Kier molecular flexibility index (Phi) is 3.60. The highest BCUT2D eigenvalue weighted by Crippen LogP contribution is 2.44. The lowest BCUT2D eigenvalue weighted by molar-refractivity contribution is -0.116. The molecule has 1 N–H and O–H groups in total. The van der Waals surface area contributed by atoms with Gasteiger partial charge < -0.3 is 5.11 Å². The first-order valence-corrected chi connectivity index (χ1v) is 8.71. The lowest BCUT2D eigenvalue weighted by atomic mass is 9.88. The van der Waals surface area contributed by atoms with Crippen LogP contribution >= 0.6 is 0 Å². The van der Waals surface area contributed by atoms with Crippen molar-refractivity contribution in [2.75, 3.05) is 27.2 Å². The van der Waals surface area contributed by atoms with Gasteiger partial charge in [-0.3, -0.25) is 4.90 Å². The molecular formula is C15H22N2O3S. The molecule has 0 bridgehead atoms. The molecule has 5 nitrogen and oxygen atoms in total. The van der Waals surface area contributed by atoms with Gasteiger partial charge in [-0.25, -0.2) is 12.7 Å². The van der Waals surface area contributed by atoms with Crippen molar-refractivity contribution in [2.45, 2.75) is 29.9 Å². The van der Waals surface area contributed by atoms with Crippen molar-refractivity contribution < 1.29 is 13.5 Å². The minimum Gasteiger partial charge on any atom is -0.387 e. The van der Waals surface area contributed by atoms with E-state index < -0.39 is 15.6 Å². The zero-order valence-corrected chi connectivity index (χ0v) is 13.3. The summed E-state index contributed by atoms with van der Waals surface area (Å²) in [5.41, 5.74) is 0.476. The molecule has 0 amide bonds. The van der Waals surface area contributed by atoms with Crippen LogP contribution in [-0.4, -0.2) is 55.5 Å². The first-order valence-electron chi connectivity index (χ1n) is 7.27. The zero-order chi connectivity index (χ0) is 15.3. The van der Waals surface area contributed by atoms with E-state index in [1.54, 1.807) is 18.2 Å². The largest absolute Gasteiger partial charge is 0.387 e. The van der Waals surface area contributed by atoms with Crippen LogP contribution in [0, 0.1) is 5.92 Å². The summed E-state index contributed by atoms with van der Waals surface area (Å²) in [7, 11) is -0.315. The van der Waals surface area contributed by atoms with E-state index in [1.165, 1.54) is 18.4 Å². The van der Waals surface area contributed by atoms with E-state index in [4.69, 9.17) is 0 Å². The van der Waals surface area contributed by atoms with Crippen LogP contribution in [0.2, 0.25) is 0 Å². The third kappa shape index (κ3) is 2.85. The molecule has 0 atom stereocenters. The van der Waals surface area contributed by atoms with Gasteiger partial charge in [-0.05, 0) is 36.5 Å². The Morgan fingerprint density at radius 1 is 1.33 bits per heavy atom.